The van der Waals surface area contributed by atoms with Gasteiger partial charge in [-0.1, -0.05) is 23.7 Å². The topological polar surface area (TPSA) is 59.6 Å². The Morgan fingerprint density at radius 1 is 1.25 bits per heavy atom. The second-order valence-corrected chi connectivity index (χ2v) is 5.34. The number of hydrogen-bond acceptors (Lipinski definition) is 3. The Morgan fingerprint density at radius 2 is 2.08 bits per heavy atom. The van der Waals surface area contributed by atoms with Crippen LogP contribution in [0.15, 0.2) is 42.5 Å². The molecule has 0 radical (unpaired) electrons. The summed E-state index contributed by atoms with van der Waals surface area (Å²) in [5.41, 5.74) is 1.24. The van der Waals surface area contributed by atoms with Crippen LogP contribution in [0.3, 0.4) is 0 Å². The van der Waals surface area contributed by atoms with E-state index in [1.165, 1.54) is 12.1 Å². The van der Waals surface area contributed by atoms with Gasteiger partial charge >= 0.3 is 6.03 Å². The predicted molar refractivity (Wildman–Crippen MR) is 91.1 cm³/mol. The fourth-order valence-electron chi connectivity index (χ4n) is 1.93. The maximum Gasteiger partial charge on any atom is 0.319 e. The summed E-state index contributed by atoms with van der Waals surface area (Å²) in [5, 5.41) is 5.64. The number of urea groups is 1. The summed E-state index contributed by atoms with van der Waals surface area (Å²) in [5.74, 6) is 0.132. The lowest BCUT2D eigenvalue weighted by Crippen LogP contribution is -2.31. The first kappa shape index (κ1) is 18.0. The van der Waals surface area contributed by atoms with Crippen LogP contribution in [-0.4, -0.2) is 26.3 Å². The molecule has 128 valence electrons. The molecule has 2 N–H and O–H groups in total. The molecule has 5 nitrogen and oxygen atoms in total. The Balaban J connectivity index is 1.90. The summed E-state index contributed by atoms with van der Waals surface area (Å²) in [6, 6.07) is 10.7. The minimum absolute atomic E-state index is 0.196. The molecule has 2 aromatic rings. The van der Waals surface area contributed by atoms with Crippen LogP contribution in [0.4, 0.5) is 14.9 Å². The summed E-state index contributed by atoms with van der Waals surface area (Å²) in [4.78, 5) is 11.6. The van der Waals surface area contributed by atoms with E-state index in [2.05, 4.69) is 10.6 Å². The fourth-order valence-corrected chi connectivity index (χ4v) is 2.16. The van der Waals surface area contributed by atoms with Crippen molar-refractivity contribution in [1.29, 1.82) is 0 Å². The van der Waals surface area contributed by atoms with E-state index in [0.29, 0.717) is 35.2 Å². The quantitative estimate of drug-likeness (QED) is 0.745. The summed E-state index contributed by atoms with van der Waals surface area (Å²) in [6.45, 7) is 1.04. The maximum absolute atomic E-state index is 13.1. The van der Waals surface area contributed by atoms with Gasteiger partial charge in [-0.25, -0.2) is 9.18 Å². The van der Waals surface area contributed by atoms with E-state index >= 15 is 0 Å². The second kappa shape index (κ2) is 9.10. The minimum atomic E-state index is -0.350. The Labute approximate surface area is 144 Å². The molecule has 0 fully saturated rings. The average Bonchev–Trinajstić information content (AvgIpc) is 2.54. The molecule has 0 aromatic heterocycles. The van der Waals surface area contributed by atoms with Crippen molar-refractivity contribution in [3.63, 3.8) is 0 Å². The number of rotatable bonds is 7. The van der Waals surface area contributed by atoms with Crippen molar-refractivity contribution in [3.05, 3.63) is 58.9 Å². The lowest BCUT2D eigenvalue weighted by molar-refractivity contribution is 0.198. The highest BCUT2D eigenvalue weighted by atomic mass is 35.5. The van der Waals surface area contributed by atoms with Crippen molar-refractivity contribution < 1.29 is 18.7 Å². The van der Waals surface area contributed by atoms with Crippen LogP contribution in [0, 0.1) is 5.82 Å². The smallest absolute Gasteiger partial charge is 0.319 e. The number of benzene rings is 2. The van der Waals surface area contributed by atoms with Crippen LogP contribution < -0.4 is 15.4 Å². The molecule has 0 aliphatic heterocycles. The first-order valence-corrected chi connectivity index (χ1v) is 7.67. The molecular formula is C17H18ClFN2O3. The van der Waals surface area contributed by atoms with Crippen LogP contribution >= 0.6 is 11.6 Å². The number of carbonyl (C=O) groups is 1. The first-order chi connectivity index (χ1) is 11.6. The third-order valence-corrected chi connectivity index (χ3v) is 3.36. The van der Waals surface area contributed by atoms with E-state index in [9.17, 15) is 9.18 Å². The molecule has 0 saturated carbocycles. The van der Waals surface area contributed by atoms with E-state index in [4.69, 9.17) is 21.1 Å². The molecule has 7 heteroatoms. The van der Waals surface area contributed by atoms with E-state index in [1.54, 1.807) is 37.4 Å². The van der Waals surface area contributed by atoms with Gasteiger partial charge in [-0.3, -0.25) is 0 Å². The fraction of sp³-hybridized carbons (Fsp3) is 0.235. The number of ether oxygens (including phenoxy) is 2. The number of amides is 2. The summed E-state index contributed by atoms with van der Waals surface area (Å²) >= 11 is 6.15. The van der Waals surface area contributed by atoms with Crippen LogP contribution in [0.2, 0.25) is 5.02 Å². The van der Waals surface area contributed by atoms with Crippen molar-refractivity contribution in [1.82, 2.24) is 5.32 Å². The Bertz CT molecular complexity index is 697. The Morgan fingerprint density at radius 3 is 2.79 bits per heavy atom. The zero-order valence-electron chi connectivity index (χ0n) is 13.1. The zero-order valence-corrected chi connectivity index (χ0v) is 13.9. The van der Waals surface area contributed by atoms with Crippen LogP contribution in [-0.2, 0) is 11.3 Å². The lowest BCUT2D eigenvalue weighted by atomic mass is 10.2. The van der Waals surface area contributed by atoms with Gasteiger partial charge in [-0.05, 0) is 35.9 Å². The zero-order chi connectivity index (χ0) is 17.4. The molecule has 0 bridgehead atoms. The molecule has 24 heavy (non-hydrogen) atoms. The molecular weight excluding hydrogens is 335 g/mol. The molecule has 2 rings (SSSR count). The Hall–Kier alpha value is -2.31. The highest BCUT2D eigenvalue weighted by Gasteiger charge is 2.06. The van der Waals surface area contributed by atoms with Gasteiger partial charge in [0.05, 0.1) is 11.6 Å². The highest BCUT2D eigenvalue weighted by molar-refractivity contribution is 6.32. The average molecular weight is 353 g/mol. The van der Waals surface area contributed by atoms with Crippen LogP contribution in [0.25, 0.3) is 0 Å². The number of halogens is 2. The molecule has 0 unspecified atom stereocenters. The van der Waals surface area contributed by atoms with Crippen molar-refractivity contribution in [2.45, 2.75) is 6.61 Å². The molecule has 0 atom stereocenters. The lowest BCUT2D eigenvalue weighted by Gasteiger charge is -2.11. The Kier molecular flexibility index (Phi) is 6.84. The minimum Gasteiger partial charge on any atom is -0.487 e. The van der Waals surface area contributed by atoms with E-state index < -0.39 is 0 Å². The number of nitrogens with one attached hydrogen (secondary N) is 2. The number of anilines is 1. The van der Waals surface area contributed by atoms with Crippen LogP contribution in [0.5, 0.6) is 5.75 Å². The summed E-state index contributed by atoms with van der Waals surface area (Å²) in [7, 11) is 1.56. The van der Waals surface area contributed by atoms with Crippen molar-refractivity contribution >= 4 is 23.3 Å². The molecule has 0 aliphatic rings. The van der Waals surface area contributed by atoms with Crippen molar-refractivity contribution in [2.24, 2.45) is 0 Å². The van der Waals surface area contributed by atoms with E-state index in [0.717, 1.165) is 0 Å². The van der Waals surface area contributed by atoms with E-state index in [-0.39, 0.29) is 18.5 Å². The molecule has 0 spiro atoms. The summed E-state index contributed by atoms with van der Waals surface area (Å²) < 4.78 is 23.5. The number of hydrogen-bond donors (Lipinski definition) is 2. The van der Waals surface area contributed by atoms with Gasteiger partial charge in [-0.2, -0.15) is 0 Å². The largest absolute Gasteiger partial charge is 0.487 e. The monoisotopic (exact) mass is 352 g/mol. The number of methoxy groups -OCH3 is 1. The van der Waals surface area contributed by atoms with Gasteiger partial charge in [0.15, 0.2) is 0 Å². The molecule has 2 amide bonds. The standard InChI is InChI=1S/C17H18ClFN2O3/c1-23-8-7-20-17(22)21-14-5-6-16(15(18)10-14)24-11-12-3-2-4-13(19)9-12/h2-6,9-10H,7-8,11H2,1H3,(H2,20,21,22). The molecule has 2 aromatic carbocycles. The summed E-state index contributed by atoms with van der Waals surface area (Å²) in [6.07, 6.45) is 0. The first-order valence-electron chi connectivity index (χ1n) is 7.29. The highest BCUT2D eigenvalue weighted by Crippen LogP contribution is 2.28. The van der Waals surface area contributed by atoms with Gasteiger partial charge in [0, 0.05) is 19.3 Å². The second-order valence-electron chi connectivity index (χ2n) is 4.94. The van der Waals surface area contributed by atoms with Gasteiger partial charge in [0.25, 0.3) is 0 Å². The number of carbonyl (C=O) groups excluding carboxylic acids is 1. The van der Waals surface area contributed by atoms with Crippen molar-refractivity contribution in [2.75, 3.05) is 25.6 Å². The predicted octanol–water partition coefficient (Wildman–Crippen LogP) is 3.83. The molecule has 0 heterocycles. The normalized spacial score (nSPS) is 10.3. The van der Waals surface area contributed by atoms with Gasteiger partial charge in [0.2, 0.25) is 0 Å². The van der Waals surface area contributed by atoms with E-state index in [1.807, 2.05) is 0 Å². The molecule has 0 saturated heterocycles. The van der Waals surface area contributed by atoms with Gasteiger partial charge < -0.3 is 20.1 Å². The maximum atomic E-state index is 13.1. The van der Waals surface area contributed by atoms with Gasteiger partial charge in [0.1, 0.15) is 18.2 Å². The van der Waals surface area contributed by atoms with Crippen LogP contribution in [0.1, 0.15) is 5.56 Å². The molecule has 0 aliphatic carbocycles. The van der Waals surface area contributed by atoms with Gasteiger partial charge in [-0.15, -0.1) is 0 Å². The SMILES string of the molecule is COCCNC(=O)Nc1ccc(OCc2cccc(F)c2)c(Cl)c1. The third kappa shape index (κ3) is 5.72. The van der Waals surface area contributed by atoms with Crippen molar-refractivity contribution in [3.8, 4) is 5.75 Å². The third-order valence-electron chi connectivity index (χ3n) is 3.06.